The van der Waals surface area contributed by atoms with Crippen molar-refractivity contribution in [3.05, 3.63) is 96.3 Å². The second-order valence-corrected chi connectivity index (χ2v) is 6.10. The van der Waals surface area contributed by atoms with Crippen molar-refractivity contribution in [1.82, 2.24) is 9.97 Å². The Morgan fingerprint density at radius 3 is 2.00 bits per heavy atom. The molecule has 0 unspecified atom stereocenters. The SMILES string of the molecule is N#Cc1c(-c2ccccc2)nc(Nc2ccccc2)nc1-c1cccc(F)c1. The average Bonchev–Trinajstić information content (AvgIpc) is 2.74. The van der Waals surface area contributed by atoms with Gasteiger partial charge in [0.15, 0.2) is 0 Å². The van der Waals surface area contributed by atoms with Crippen molar-refractivity contribution >= 4 is 11.6 Å². The highest BCUT2D eigenvalue weighted by Gasteiger charge is 2.18. The van der Waals surface area contributed by atoms with Crippen molar-refractivity contribution in [2.24, 2.45) is 0 Å². The first-order valence-electron chi connectivity index (χ1n) is 8.70. The van der Waals surface area contributed by atoms with Crippen molar-refractivity contribution in [2.45, 2.75) is 0 Å². The summed E-state index contributed by atoms with van der Waals surface area (Å²) in [6.07, 6.45) is 0. The molecular formula is C23H15FN4. The van der Waals surface area contributed by atoms with E-state index in [4.69, 9.17) is 0 Å². The molecule has 0 saturated carbocycles. The van der Waals surface area contributed by atoms with Crippen LogP contribution in [0, 0.1) is 17.1 Å². The molecule has 4 nitrogen and oxygen atoms in total. The molecule has 0 bridgehead atoms. The molecule has 134 valence electrons. The van der Waals surface area contributed by atoms with Gasteiger partial charge < -0.3 is 5.32 Å². The van der Waals surface area contributed by atoms with Crippen LogP contribution in [-0.2, 0) is 0 Å². The molecule has 0 aliphatic rings. The Morgan fingerprint density at radius 1 is 0.750 bits per heavy atom. The first-order chi connectivity index (χ1) is 13.7. The summed E-state index contributed by atoms with van der Waals surface area (Å²) in [7, 11) is 0. The Labute approximate surface area is 162 Å². The number of anilines is 2. The van der Waals surface area contributed by atoms with Crippen molar-refractivity contribution in [2.75, 3.05) is 5.32 Å². The van der Waals surface area contributed by atoms with Crippen LogP contribution >= 0.6 is 0 Å². The Hall–Kier alpha value is -4.04. The number of rotatable bonds is 4. The van der Waals surface area contributed by atoms with Gasteiger partial charge in [-0.1, -0.05) is 60.7 Å². The van der Waals surface area contributed by atoms with Crippen molar-refractivity contribution in [1.29, 1.82) is 5.26 Å². The van der Waals surface area contributed by atoms with E-state index in [2.05, 4.69) is 21.4 Å². The van der Waals surface area contributed by atoms with Gasteiger partial charge in [-0.05, 0) is 24.3 Å². The molecule has 4 rings (SSSR count). The zero-order valence-electron chi connectivity index (χ0n) is 14.8. The van der Waals surface area contributed by atoms with Gasteiger partial charge in [0.2, 0.25) is 5.95 Å². The predicted molar refractivity (Wildman–Crippen MR) is 107 cm³/mol. The van der Waals surface area contributed by atoms with E-state index >= 15 is 0 Å². The molecule has 1 aromatic heterocycles. The normalized spacial score (nSPS) is 10.3. The molecule has 1 heterocycles. The average molecular weight is 366 g/mol. The largest absolute Gasteiger partial charge is 0.324 e. The highest BCUT2D eigenvalue weighted by Crippen LogP contribution is 2.31. The van der Waals surface area contributed by atoms with Gasteiger partial charge in [0.1, 0.15) is 17.4 Å². The Morgan fingerprint density at radius 2 is 1.36 bits per heavy atom. The molecule has 0 atom stereocenters. The van der Waals surface area contributed by atoms with Crippen LogP contribution in [-0.4, -0.2) is 9.97 Å². The predicted octanol–water partition coefficient (Wildman–Crippen LogP) is 5.56. The second-order valence-electron chi connectivity index (χ2n) is 6.10. The molecule has 28 heavy (non-hydrogen) atoms. The molecule has 0 saturated heterocycles. The van der Waals surface area contributed by atoms with Crippen LogP contribution < -0.4 is 5.32 Å². The highest BCUT2D eigenvalue weighted by molar-refractivity contribution is 5.79. The molecule has 3 aromatic carbocycles. The fourth-order valence-electron chi connectivity index (χ4n) is 2.92. The molecule has 5 heteroatoms. The monoisotopic (exact) mass is 366 g/mol. The molecule has 4 aromatic rings. The maximum atomic E-state index is 13.8. The van der Waals surface area contributed by atoms with Gasteiger partial charge in [-0.3, -0.25) is 0 Å². The third-order valence-corrected chi connectivity index (χ3v) is 4.20. The first-order valence-corrected chi connectivity index (χ1v) is 8.70. The van der Waals surface area contributed by atoms with E-state index in [-0.39, 0.29) is 5.82 Å². The minimum Gasteiger partial charge on any atom is -0.324 e. The lowest BCUT2D eigenvalue weighted by molar-refractivity contribution is 0.628. The van der Waals surface area contributed by atoms with E-state index in [1.165, 1.54) is 12.1 Å². The number of halogens is 1. The van der Waals surface area contributed by atoms with Crippen LogP contribution in [0.25, 0.3) is 22.5 Å². The second kappa shape index (κ2) is 7.68. The number of hydrogen-bond donors (Lipinski definition) is 1. The molecule has 0 spiro atoms. The van der Waals surface area contributed by atoms with Crippen LogP contribution in [0.1, 0.15) is 5.56 Å². The zero-order valence-corrected chi connectivity index (χ0v) is 14.8. The summed E-state index contributed by atoms with van der Waals surface area (Å²) in [5.74, 6) is -0.0536. The number of aromatic nitrogens is 2. The van der Waals surface area contributed by atoms with Crippen molar-refractivity contribution in [3.8, 4) is 28.6 Å². The van der Waals surface area contributed by atoms with Crippen molar-refractivity contribution < 1.29 is 4.39 Å². The lowest BCUT2D eigenvalue weighted by atomic mass is 10.0. The van der Waals surface area contributed by atoms with Gasteiger partial charge in [-0.15, -0.1) is 0 Å². The topological polar surface area (TPSA) is 61.6 Å². The minimum atomic E-state index is -0.390. The van der Waals surface area contributed by atoms with Gasteiger partial charge in [0.05, 0.1) is 11.4 Å². The summed E-state index contributed by atoms with van der Waals surface area (Å²) in [6.45, 7) is 0. The zero-order chi connectivity index (χ0) is 19.3. The Kier molecular flexibility index (Phi) is 4.77. The van der Waals surface area contributed by atoms with E-state index in [1.54, 1.807) is 12.1 Å². The number of para-hydroxylation sites is 1. The summed E-state index contributed by atoms with van der Waals surface area (Å²) in [5.41, 5.74) is 3.30. The smallest absolute Gasteiger partial charge is 0.228 e. The summed E-state index contributed by atoms with van der Waals surface area (Å²) >= 11 is 0. The number of nitrogens with zero attached hydrogens (tertiary/aromatic N) is 3. The van der Waals surface area contributed by atoms with Crippen LogP contribution in [0.15, 0.2) is 84.9 Å². The van der Waals surface area contributed by atoms with E-state index in [0.29, 0.717) is 28.5 Å². The summed E-state index contributed by atoms with van der Waals surface area (Å²) in [6, 6.07) is 27.2. The molecule has 0 radical (unpaired) electrons. The summed E-state index contributed by atoms with van der Waals surface area (Å²) in [5, 5.41) is 13.0. The van der Waals surface area contributed by atoms with Crippen LogP contribution in [0.4, 0.5) is 16.0 Å². The van der Waals surface area contributed by atoms with Gasteiger partial charge >= 0.3 is 0 Å². The summed E-state index contributed by atoms with van der Waals surface area (Å²) < 4.78 is 13.8. The molecule has 0 aliphatic heterocycles. The maximum Gasteiger partial charge on any atom is 0.228 e. The molecule has 0 aliphatic carbocycles. The Bertz CT molecular complexity index is 1150. The molecule has 0 amide bonds. The highest BCUT2D eigenvalue weighted by atomic mass is 19.1. The molecule has 1 N–H and O–H groups in total. The van der Waals surface area contributed by atoms with Crippen LogP contribution in [0.3, 0.4) is 0 Å². The third kappa shape index (κ3) is 3.57. The van der Waals surface area contributed by atoms with Gasteiger partial charge in [-0.2, -0.15) is 5.26 Å². The first kappa shape index (κ1) is 17.4. The lowest BCUT2D eigenvalue weighted by Crippen LogP contribution is -2.04. The van der Waals surface area contributed by atoms with E-state index in [1.807, 2.05) is 60.7 Å². The van der Waals surface area contributed by atoms with E-state index < -0.39 is 0 Å². The van der Waals surface area contributed by atoms with E-state index in [0.717, 1.165) is 11.3 Å². The third-order valence-electron chi connectivity index (χ3n) is 4.20. The number of nitriles is 1. The summed E-state index contributed by atoms with van der Waals surface area (Å²) in [4.78, 5) is 9.10. The lowest BCUT2D eigenvalue weighted by Gasteiger charge is -2.13. The fraction of sp³-hybridized carbons (Fsp3) is 0. The fourth-order valence-corrected chi connectivity index (χ4v) is 2.92. The Balaban J connectivity index is 1.93. The van der Waals surface area contributed by atoms with Crippen LogP contribution in [0.5, 0.6) is 0 Å². The minimum absolute atomic E-state index is 0.301. The maximum absolute atomic E-state index is 13.8. The van der Waals surface area contributed by atoms with Gasteiger partial charge in [0, 0.05) is 16.8 Å². The molecular weight excluding hydrogens is 351 g/mol. The standard InChI is InChI=1S/C23H15FN4/c24-18-11-7-10-17(14-18)22-20(15-25)21(16-8-3-1-4-9-16)27-23(28-22)26-19-12-5-2-6-13-19/h1-14H,(H,26,27,28). The van der Waals surface area contributed by atoms with Crippen LogP contribution in [0.2, 0.25) is 0 Å². The van der Waals surface area contributed by atoms with Crippen molar-refractivity contribution in [3.63, 3.8) is 0 Å². The van der Waals surface area contributed by atoms with Gasteiger partial charge in [0.25, 0.3) is 0 Å². The number of benzene rings is 3. The quantitative estimate of drug-likeness (QED) is 0.513. The number of hydrogen-bond acceptors (Lipinski definition) is 4. The number of nitrogens with one attached hydrogen (secondary N) is 1. The van der Waals surface area contributed by atoms with E-state index in [9.17, 15) is 9.65 Å². The molecule has 0 fully saturated rings. The van der Waals surface area contributed by atoms with Gasteiger partial charge in [-0.25, -0.2) is 14.4 Å².